The van der Waals surface area contributed by atoms with Gasteiger partial charge in [-0.05, 0) is 92.1 Å². The van der Waals surface area contributed by atoms with Crippen molar-refractivity contribution in [2.45, 2.75) is 58.0 Å². The lowest BCUT2D eigenvalue weighted by Gasteiger charge is -2.19. The molecule has 2 N–H and O–H groups in total. The number of nitrogen functional groups attached to an aromatic ring is 1. The van der Waals surface area contributed by atoms with E-state index in [2.05, 4.69) is 9.98 Å². The third-order valence-corrected chi connectivity index (χ3v) is 9.06. The molecule has 0 saturated heterocycles. The Labute approximate surface area is 312 Å². The molecular formula is C42H49N5O6. The minimum Gasteiger partial charge on any atom is -0.493 e. The molecule has 3 aliphatic heterocycles. The van der Waals surface area contributed by atoms with Crippen LogP contribution in [0.3, 0.4) is 0 Å². The number of allylic oxidation sites excluding steroid dienone is 2. The highest BCUT2D eigenvalue weighted by molar-refractivity contribution is 6.04. The first kappa shape index (κ1) is 38.4. The maximum absolute atomic E-state index is 13.2. The monoisotopic (exact) mass is 719 g/mol. The number of aryl methyl sites for hydroxylation is 1. The molecule has 3 aliphatic rings. The summed E-state index contributed by atoms with van der Waals surface area (Å²) in [6.45, 7) is 5.14. The van der Waals surface area contributed by atoms with E-state index in [9.17, 15) is 9.59 Å². The summed E-state index contributed by atoms with van der Waals surface area (Å²) in [6.07, 6.45) is 16.5. The van der Waals surface area contributed by atoms with E-state index in [0.717, 1.165) is 78.0 Å². The molecule has 0 aromatic heterocycles. The van der Waals surface area contributed by atoms with Crippen LogP contribution in [0.4, 0.5) is 11.4 Å². The molecule has 11 heteroatoms. The van der Waals surface area contributed by atoms with E-state index in [4.69, 9.17) is 24.7 Å². The molecule has 0 fully saturated rings. The van der Waals surface area contributed by atoms with Crippen LogP contribution in [-0.4, -0.2) is 81.1 Å². The predicted molar refractivity (Wildman–Crippen MR) is 211 cm³/mol. The van der Waals surface area contributed by atoms with Crippen LogP contribution in [0.2, 0.25) is 0 Å². The minimum atomic E-state index is -0.0814. The number of unbranched alkanes of at least 4 members (excludes halogenated alkanes) is 2. The highest BCUT2D eigenvalue weighted by Gasteiger charge is 2.32. The van der Waals surface area contributed by atoms with Crippen molar-refractivity contribution in [2.75, 3.05) is 40.2 Å². The first-order chi connectivity index (χ1) is 25.8. The van der Waals surface area contributed by atoms with Crippen molar-refractivity contribution in [1.29, 1.82) is 0 Å². The van der Waals surface area contributed by atoms with Gasteiger partial charge in [-0.15, -0.1) is 0 Å². The molecule has 0 saturated carbocycles. The van der Waals surface area contributed by atoms with Gasteiger partial charge in [-0.2, -0.15) is 0 Å². The van der Waals surface area contributed by atoms with Crippen LogP contribution < -0.4 is 24.7 Å². The first-order valence-corrected chi connectivity index (χ1v) is 17.8. The average Bonchev–Trinajstić information content (AvgIpc) is 3.75. The van der Waals surface area contributed by atoms with Crippen LogP contribution in [0.25, 0.3) is 5.57 Å². The van der Waals surface area contributed by atoms with Gasteiger partial charge in [-0.3, -0.25) is 19.6 Å². The Kier molecular flexibility index (Phi) is 13.5. The second-order valence-corrected chi connectivity index (χ2v) is 12.9. The zero-order valence-corrected chi connectivity index (χ0v) is 31.2. The number of amides is 2. The van der Waals surface area contributed by atoms with Gasteiger partial charge in [0, 0.05) is 50.1 Å². The molecule has 3 heterocycles. The molecule has 2 atom stereocenters. The first-order valence-electron chi connectivity index (χ1n) is 17.8. The summed E-state index contributed by atoms with van der Waals surface area (Å²) in [5, 5.41) is 0. The van der Waals surface area contributed by atoms with Crippen LogP contribution in [0, 0.1) is 6.92 Å². The number of aliphatic imine (C=N–C) groups is 2. The lowest BCUT2D eigenvalue weighted by Crippen LogP contribution is -2.32. The van der Waals surface area contributed by atoms with E-state index in [1.165, 1.54) is 0 Å². The number of carbonyl (C=O) groups is 2. The summed E-state index contributed by atoms with van der Waals surface area (Å²) in [5.41, 5.74) is 12.0. The van der Waals surface area contributed by atoms with Crippen molar-refractivity contribution >= 4 is 41.7 Å². The van der Waals surface area contributed by atoms with Crippen molar-refractivity contribution in [2.24, 2.45) is 9.98 Å². The summed E-state index contributed by atoms with van der Waals surface area (Å²) in [7, 11) is 4.94. The Balaban J connectivity index is 0.000000265. The molecule has 2 amide bonds. The van der Waals surface area contributed by atoms with Crippen LogP contribution in [-0.2, 0) is 4.79 Å². The van der Waals surface area contributed by atoms with Crippen molar-refractivity contribution in [3.63, 3.8) is 0 Å². The van der Waals surface area contributed by atoms with Gasteiger partial charge in [0.05, 0.1) is 50.8 Å². The van der Waals surface area contributed by atoms with Crippen LogP contribution >= 0.6 is 0 Å². The zero-order chi connectivity index (χ0) is 37.7. The number of benzene rings is 3. The van der Waals surface area contributed by atoms with E-state index in [0.29, 0.717) is 36.0 Å². The summed E-state index contributed by atoms with van der Waals surface area (Å²) in [6, 6.07) is 17.1. The average molecular weight is 720 g/mol. The molecule has 3 aromatic rings. The molecule has 0 aliphatic carbocycles. The summed E-state index contributed by atoms with van der Waals surface area (Å²) in [4.78, 5) is 36.1. The fourth-order valence-electron chi connectivity index (χ4n) is 6.37. The normalized spacial score (nSPS) is 17.5. The van der Waals surface area contributed by atoms with Crippen molar-refractivity contribution < 1.29 is 28.5 Å². The number of hydrogen-bond donors (Lipinski definition) is 1. The fourth-order valence-corrected chi connectivity index (χ4v) is 6.37. The molecule has 6 rings (SSSR count). The molecular weight excluding hydrogens is 670 g/mol. The maximum atomic E-state index is 13.2. The third-order valence-electron chi connectivity index (χ3n) is 9.06. The maximum Gasteiger partial charge on any atom is 0.260 e. The number of nitrogens with two attached hydrogens (primary N) is 1. The van der Waals surface area contributed by atoms with Gasteiger partial charge < -0.3 is 34.5 Å². The van der Waals surface area contributed by atoms with Gasteiger partial charge in [-0.1, -0.05) is 30.4 Å². The Morgan fingerprint density at radius 3 is 2.38 bits per heavy atom. The third kappa shape index (κ3) is 9.73. The minimum absolute atomic E-state index is 0.0222. The van der Waals surface area contributed by atoms with E-state index < -0.39 is 0 Å². The smallest absolute Gasteiger partial charge is 0.260 e. The second kappa shape index (κ2) is 18.6. The number of methoxy groups -OCH3 is 2. The number of anilines is 1. The van der Waals surface area contributed by atoms with Crippen LogP contribution in [0.15, 0.2) is 94.7 Å². The lowest BCUT2D eigenvalue weighted by atomic mass is 10.0. The fraction of sp³-hybridized carbons (Fsp3) is 0.333. The molecule has 2 unspecified atom stereocenters. The SMILES string of the molecule is C/C=C/C1=CN2C(=O)c3cc(OC)c(OCCCCCOc4ccc(C)cc4OC)cc3N=CC2C1.CN=CC1CC(c2cccc(N)c2)=CN1C=O. The van der Waals surface area contributed by atoms with E-state index in [1.807, 2.05) is 87.1 Å². The standard InChI is InChI=1S/C29H34N2O5.C13H15N3O/c1-5-9-21-15-22-18-30-24-17-28(27(34-4)16-23(24)29(32)31(22)19-21)36-13-8-6-7-12-35-25-11-10-20(2)14-26(25)33-3;1-15-7-13-6-11(8-16(13)9-17)10-3-2-4-12(14)5-10/h5,9-11,14,16-19,22H,6-8,12-13,15H2,1-4H3;2-5,7-9,13H,6,14H2,1H3/b9-5+;. The van der Waals surface area contributed by atoms with Crippen LogP contribution in [0.5, 0.6) is 23.0 Å². The highest BCUT2D eigenvalue weighted by Crippen LogP contribution is 2.39. The second-order valence-electron chi connectivity index (χ2n) is 12.9. The topological polar surface area (TPSA) is 128 Å². The van der Waals surface area contributed by atoms with Gasteiger partial charge in [0.2, 0.25) is 6.41 Å². The van der Waals surface area contributed by atoms with Gasteiger partial charge >= 0.3 is 0 Å². The highest BCUT2D eigenvalue weighted by atomic mass is 16.5. The van der Waals surface area contributed by atoms with Crippen LogP contribution in [0.1, 0.15) is 60.5 Å². The largest absolute Gasteiger partial charge is 0.493 e. The number of nitrogens with zero attached hydrogens (tertiary/aromatic N) is 4. The quantitative estimate of drug-likeness (QED) is 0.0788. The predicted octanol–water partition coefficient (Wildman–Crippen LogP) is 7.57. The lowest BCUT2D eigenvalue weighted by molar-refractivity contribution is -0.116. The van der Waals surface area contributed by atoms with Gasteiger partial charge in [-0.25, -0.2) is 0 Å². The molecule has 3 aromatic carbocycles. The number of fused-ring (bicyclic) bond motifs is 2. The molecule has 278 valence electrons. The Hall–Kier alpha value is -5.84. The molecule has 0 bridgehead atoms. The molecule has 0 spiro atoms. The molecule has 53 heavy (non-hydrogen) atoms. The van der Waals surface area contributed by atoms with Crippen molar-refractivity contribution in [3.05, 3.63) is 101 Å². The Morgan fingerprint density at radius 2 is 1.68 bits per heavy atom. The number of ether oxygens (including phenoxy) is 4. The Bertz CT molecular complexity index is 1920. The summed E-state index contributed by atoms with van der Waals surface area (Å²) < 4.78 is 22.8. The molecule has 11 nitrogen and oxygen atoms in total. The zero-order valence-electron chi connectivity index (χ0n) is 31.2. The number of carbonyl (C=O) groups excluding carboxylic acids is 2. The Morgan fingerprint density at radius 1 is 0.925 bits per heavy atom. The van der Waals surface area contributed by atoms with Gasteiger partial charge in [0.25, 0.3) is 5.91 Å². The van der Waals surface area contributed by atoms with E-state index in [1.54, 1.807) is 49.4 Å². The number of rotatable bonds is 14. The van der Waals surface area contributed by atoms with Crippen molar-refractivity contribution in [1.82, 2.24) is 9.80 Å². The summed E-state index contributed by atoms with van der Waals surface area (Å²) >= 11 is 0. The molecule has 0 radical (unpaired) electrons. The summed E-state index contributed by atoms with van der Waals surface area (Å²) in [5.74, 6) is 2.56. The van der Waals surface area contributed by atoms with Crippen molar-refractivity contribution in [3.8, 4) is 23.0 Å². The van der Waals surface area contributed by atoms with Gasteiger partial charge in [0.15, 0.2) is 23.0 Å². The van der Waals surface area contributed by atoms with Gasteiger partial charge in [0.1, 0.15) is 0 Å². The van der Waals surface area contributed by atoms with E-state index in [-0.39, 0.29) is 18.0 Å². The van der Waals surface area contributed by atoms with E-state index >= 15 is 0 Å². The number of hydrogen-bond acceptors (Lipinski definition) is 9.